The lowest BCUT2D eigenvalue weighted by molar-refractivity contribution is 0.821. The van der Waals surface area contributed by atoms with Crippen LogP contribution in [0.3, 0.4) is 0 Å². The van der Waals surface area contributed by atoms with Crippen LogP contribution in [0.4, 0.5) is 0 Å². The molecule has 0 fully saturated rings. The highest BCUT2D eigenvalue weighted by Crippen LogP contribution is 2.22. The van der Waals surface area contributed by atoms with Gasteiger partial charge in [0.05, 0.1) is 0 Å². The molecule has 1 aromatic heterocycles. The van der Waals surface area contributed by atoms with Crippen LogP contribution in [-0.2, 0) is 0 Å². The molecule has 1 unspecified atom stereocenters. The van der Waals surface area contributed by atoms with E-state index in [1.807, 2.05) is 31.2 Å². The summed E-state index contributed by atoms with van der Waals surface area (Å²) in [5, 5.41) is 14.5. The van der Waals surface area contributed by atoms with Gasteiger partial charge in [0.15, 0.2) is 5.82 Å². The van der Waals surface area contributed by atoms with Crippen LogP contribution in [0.25, 0.3) is 0 Å². The van der Waals surface area contributed by atoms with E-state index in [4.69, 9.17) is 11.6 Å². The summed E-state index contributed by atoms with van der Waals surface area (Å²) in [7, 11) is 0. The minimum absolute atomic E-state index is 0.104. The van der Waals surface area contributed by atoms with Gasteiger partial charge in [-0.1, -0.05) is 35.9 Å². The molecule has 72 valence electrons. The Balaban J connectivity index is 2.32. The van der Waals surface area contributed by atoms with E-state index in [0.29, 0.717) is 5.82 Å². The summed E-state index contributed by atoms with van der Waals surface area (Å²) in [5.41, 5.74) is 1.08. The van der Waals surface area contributed by atoms with Gasteiger partial charge >= 0.3 is 0 Å². The Labute approximate surface area is 86.3 Å². The van der Waals surface area contributed by atoms with Crippen molar-refractivity contribution in [1.82, 2.24) is 20.6 Å². The molecule has 4 nitrogen and oxygen atoms in total. The molecule has 0 saturated heterocycles. The molecule has 14 heavy (non-hydrogen) atoms. The maximum atomic E-state index is 5.89. The zero-order valence-electron chi connectivity index (χ0n) is 7.61. The van der Waals surface area contributed by atoms with Crippen LogP contribution in [0.15, 0.2) is 24.3 Å². The molecule has 0 amide bonds. The lowest BCUT2D eigenvalue weighted by Gasteiger charge is -2.06. The van der Waals surface area contributed by atoms with E-state index in [-0.39, 0.29) is 5.92 Å². The summed E-state index contributed by atoms with van der Waals surface area (Å²) in [5.74, 6) is 0.778. The monoisotopic (exact) mass is 208 g/mol. The summed E-state index contributed by atoms with van der Waals surface area (Å²) < 4.78 is 0. The number of aromatic nitrogens is 4. The highest BCUT2D eigenvalue weighted by atomic mass is 35.5. The fraction of sp³-hybridized carbons (Fsp3) is 0.222. The number of benzene rings is 1. The molecule has 2 aromatic rings. The summed E-state index contributed by atoms with van der Waals surface area (Å²) >= 11 is 5.89. The summed E-state index contributed by atoms with van der Waals surface area (Å²) in [4.78, 5) is 0. The van der Waals surface area contributed by atoms with Crippen LogP contribution in [0.5, 0.6) is 0 Å². The molecule has 0 radical (unpaired) electrons. The first-order valence-corrected chi connectivity index (χ1v) is 4.64. The number of nitrogens with zero attached hydrogens (tertiary/aromatic N) is 3. The number of H-pyrrole nitrogens is 1. The van der Waals surface area contributed by atoms with Crippen molar-refractivity contribution in [2.24, 2.45) is 0 Å². The molecule has 1 aromatic carbocycles. The average Bonchev–Trinajstić information content (AvgIpc) is 2.69. The fourth-order valence-electron chi connectivity index (χ4n) is 1.28. The van der Waals surface area contributed by atoms with Gasteiger partial charge in [-0.15, -0.1) is 10.2 Å². The van der Waals surface area contributed by atoms with Gasteiger partial charge in [0, 0.05) is 10.9 Å². The van der Waals surface area contributed by atoms with Crippen LogP contribution in [-0.4, -0.2) is 20.6 Å². The van der Waals surface area contributed by atoms with Gasteiger partial charge in [-0.25, -0.2) is 0 Å². The maximum absolute atomic E-state index is 5.89. The fourth-order valence-corrected chi connectivity index (χ4v) is 1.48. The largest absolute Gasteiger partial charge is 0.181 e. The third kappa shape index (κ3) is 1.75. The van der Waals surface area contributed by atoms with E-state index in [0.717, 1.165) is 10.6 Å². The first kappa shape index (κ1) is 9.15. The van der Waals surface area contributed by atoms with Crippen molar-refractivity contribution in [2.75, 3.05) is 0 Å². The lowest BCUT2D eigenvalue weighted by Crippen LogP contribution is -1.98. The third-order valence-electron chi connectivity index (χ3n) is 2.10. The standard InChI is InChI=1S/C9H9ClN4/c1-6(9-11-13-14-12-9)7-3-2-4-8(10)5-7/h2-6H,1H3,(H,11,12,13,14). The molecule has 0 spiro atoms. The summed E-state index contributed by atoms with van der Waals surface area (Å²) in [6, 6.07) is 7.65. The second-order valence-electron chi connectivity index (χ2n) is 3.05. The van der Waals surface area contributed by atoms with Crippen molar-refractivity contribution < 1.29 is 0 Å². The Hall–Kier alpha value is -1.42. The van der Waals surface area contributed by atoms with Crippen LogP contribution in [0.2, 0.25) is 5.02 Å². The maximum Gasteiger partial charge on any atom is 0.181 e. The number of nitrogens with one attached hydrogen (secondary N) is 1. The van der Waals surface area contributed by atoms with Crippen molar-refractivity contribution in [3.8, 4) is 0 Å². The number of aromatic amines is 1. The van der Waals surface area contributed by atoms with Crippen molar-refractivity contribution in [3.05, 3.63) is 40.7 Å². The SMILES string of the molecule is CC(c1cccc(Cl)c1)c1nn[nH]n1. The Kier molecular flexibility index (Phi) is 2.45. The lowest BCUT2D eigenvalue weighted by atomic mass is 10.0. The molecule has 0 aliphatic heterocycles. The Morgan fingerprint density at radius 3 is 2.93 bits per heavy atom. The molecule has 5 heteroatoms. The zero-order valence-corrected chi connectivity index (χ0v) is 8.36. The van der Waals surface area contributed by atoms with E-state index in [2.05, 4.69) is 20.6 Å². The number of hydrogen-bond donors (Lipinski definition) is 1. The molecule has 0 bridgehead atoms. The van der Waals surface area contributed by atoms with Gasteiger partial charge in [0.25, 0.3) is 0 Å². The molecule has 0 aliphatic carbocycles. The second kappa shape index (κ2) is 3.75. The highest BCUT2D eigenvalue weighted by molar-refractivity contribution is 6.30. The van der Waals surface area contributed by atoms with E-state index < -0.39 is 0 Å². The number of rotatable bonds is 2. The van der Waals surface area contributed by atoms with Gasteiger partial charge in [-0.3, -0.25) is 0 Å². The van der Waals surface area contributed by atoms with Gasteiger partial charge < -0.3 is 0 Å². The van der Waals surface area contributed by atoms with Crippen molar-refractivity contribution in [3.63, 3.8) is 0 Å². The molecule has 0 aliphatic rings. The van der Waals surface area contributed by atoms with Gasteiger partial charge in [-0.2, -0.15) is 5.21 Å². The predicted molar refractivity (Wildman–Crippen MR) is 53.1 cm³/mol. The first-order chi connectivity index (χ1) is 6.77. The Morgan fingerprint density at radius 1 is 1.43 bits per heavy atom. The second-order valence-corrected chi connectivity index (χ2v) is 3.48. The normalized spacial score (nSPS) is 12.7. The third-order valence-corrected chi connectivity index (χ3v) is 2.33. The number of tetrazole rings is 1. The van der Waals surface area contributed by atoms with Crippen molar-refractivity contribution in [1.29, 1.82) is 0 Å². The minimum Gasteiger partial charge on any atom is -0.177 e. The molecular formula is C9H9ClN4. The van der Waals surface area contributed by atoms with Crippen molar-refractivity contribution >= 4 is 11.6 Å². The van der Waals surface area contributed by atoms with E-state index in [1.54, 1.807) is 0 Å². The first-order valence-electron chi connectivity index (χ1n) is 4.26. The van der Waals surface area contributed by atoms with Crippen molar-refractivity contribution in [2.45, 2.75) is 12.8 Å². The molecule has 1 N–H and O–H groups in total. The highest BCUT2D eigenvalue weighted by Gasteiger charge is 2.12. The summed E-state index contributed by atoms with van der Waals surface area (Å²) in [6.45, 7) is 2.01. The van der Waals surface area contributed by atoms with Gasteiger partial charge in [-0.05, 0) is 17.7 Å². The smallest absolute Gasteiger partial charge is 0.177 e. The zero-order chi connectivity index (χ0) is 9.97. The number of halogens is 1. The topological polar surface area (TPSA) is 54.5 Å². The van der Waals surface area contributed by atoms with E-state index in [1.165, 1.54) is 0 Å². The molecule has 1 atom stereocenters. The Morgan fingerprint density at radius 2 is 2.29 bits per heavy atom. The average molecular weight is 209 g/mol. The minimum atomic E-state index is 0.104. The molecule has 2 rings (SSSR count). The van der Waals surface area contributed by atoms with Crippen LogP contribution in [0, 0.1) is 0 Å². The predicted octanol–water partition coefficient (Wildman–Crippen LogP) is 2.00. The molecule has 1 heterocycles. The van der Waals surface area contributed by atoms with Crippen LogP contribution < -0.4 is 0 Å². The van der Waals surface area contributed by atoms with Crippen LogP contribution >= 0.6 is 11.6 Å². The summed E-state index contributed by atoms with van der Waals surface area (Å²) in [6.07, 6.45) is 0. The van der Waals surface area contributed by atoms with Gasteiger partial charge in [0.1, 0.15) is 0 Å². The molecule has 0 saturated carbocycles. The van der Waals surface area contributed by atoms with E-state index in [9.17, 15) is 0 Å². The quantitative estimate of drug-likeness (QED) is 0.822. The molecular weight excluding hydrogens is 200 g/mol. The number of hydrogen-bond acceptors (Lipinski definition) is 3. The van der Waals surface area contributed by atoms with Crippen LogP contribution in [0.1, 0.15) is 24.2 Å². The van der Waals surface area contributed by atoms with E-state index >= 15 is 0 Å². The van der Waals surface area contributed by atoms with Gasteiger partial charge in [0.2, 0.25) is 0 Å². The Bertz CT molecular complexity index is 413.